The molecular weight excluding hydrogens is 1410 g/mol. The van der Waals surface area contributed by atoms with Gasteiger partial charge in [0.15, 0.2) is 0 Å². The molecule has 8 aromatic carbocycles. The SMILES string of the molecule is C1=Cc2nc1c(-c1ccccc1)c1ccc([n-]1)c(-c1ccccc1)c1nc(c(-c3ccc(Nc4nc(Nc5ccc(-c6c7nc(c(-c8ccccc8)c8ccc([nH]8)c(-c8ccccc8)c8nc(c(-c9ccccc9)c9ccc6[nH]9)C=C8)C=C7)cc5)nc(N5CCCCC5)n4)cc3)c3ccc([n-]3)c2-c2ccccc2)C=C1.[Zn+2]. The fourth-order valence-electron chi connectivity index (χ4n) is 15.7. The molecule has 0 spiro atoms. The van der Waals surface area contributed by atoms with Crippen molar-refractivity contribution in [1.29, 1.82) is 0 Å². The molecule has 5 aliphatic heterocycles. The van der Waals surface area contributed by atoms with Crippen LogP contribution in [0.3, 0.4) is 0 Å². The molecule has 524 valence electrons. The summed E-state index contributed by atoms with van der Waals surface area (Å²) < 4.78 is 0. The molecule has 1 fully saturated rings. The Morgan fingerprint density at radius 1 is 0.243 bits per heavy atom. The van der Waals surface area contributed by atoms with Gasteiger partial charge in [0.05, 0.1) is 45.6 Å². The van der Waals surface area contributed by atoms with Crippen LogP contribution >= 0.6 is 0 Å². The molecule has 0 aliphatic carbocycles. The number of nitrogens with one attached hydrogen (secondary N) is 4. The van der Waals surface area contributed by atoms with Crippen LogP contribution in [0.5, 0.6) is 0 Å². The number of benzene rings is 8. The molecule has 14 nitrogen and oxygen atoms in total. The zero-order valence-corrected chi connectivity index (χ0v) is 63.4. The molecule has 0 radical (unpaired) electrons. The average molecular weight is 1480 g/mol. The molecule has 111 heavy (non-hydrogen) atoms. The number of H-pyrrole nitrogens is 2. The summed E-state index contributed by atoms with van der Waals surface area (Å²) in [7, 11) is 0. The molecule has 0 saturated carbocycles. The second-order valence-electron chi connectivity index (χ2n) is 27.8. The van der Waals surface area contributed by atoms with Crippen molar-refractivity contribution in [2.45, 2.75) is 19.3 Å². The van der Waals surface area contributed by atoms with E-state index in [2.05, 4.69) is 323 Å². The number of aromatic amines is 2. The van der Waals surface area contributed by atoms with E-state index in [1.165, 1.54) is 0 Å². The van der Waals surface area contributed by atoms with Crippen molar-refractivity contribution in [2.24, 2.45) is 0 Å². The first-order valence-electron chi connectivity index (χ1n) is 37.3. The maximum Gasteiger partial charge on any atom is 2.00 e. The zero-order valence-electron chi connectivity index (χ0n) is 60.4. The van der Waals surface area contributed by atoms with Crippen LogP contribution in [0.25, 0.3) is 182 Å². The Hall–Kier alpha value is -14.0. The van der Waals surface area contributed by atoms with E-state index in [1.807, 2.05) is 30.3 Å². The van der Waals surface area contributed by atoms with Gasteiger partial charge in [0.2, 0.25) is 17.8 Å². The molecule has 1 saturated heterocycles. The smallest absolute Gasteiger partial charge is 0.657 e. The van der Waals surface area contributed by atoms with E-state index in [9.17, 15) is 0 Å². The molecule has 0 amide bonds. The van der Waals surface area contributed by atoms with Gasteiger partial charge >= 0.3 is 19.5 Å². The van der Waals surface area contributed by atoms with Gasteiger partial charge in [0.25, 0.3) is 0 Å². The van der Waals surface area contributed by atoms with E-state index in [4.69, 9.17) is 44.9 Å². The third-order valence-electron chi connectivity index (χ3n) is 20.9. The van der Waals surface area contributed by atoms with E-state index in [0.29, 0.717) is 17.8 Å². The summed E-state index contributed by atoms with van der Waals surface area (Å²) in [5.41, 5.74) is 30.7. The van der Waals surface area contributed by atoms with Gasteiger partial charge in [-0.15, -0.1) is 22.1 Å². The summed E-state index contributed by atoms with van der Waals surface area (Å²) in [5.74, 6) is 1.42. The predicted molar refractivity (Wildman–Crippen MR) is 452 cm³/mol. The van der Waals surface area contributed by atoms with E-state index in [1.54, 1.807) is 0 Å². The minimum atomic E-state index is 0. The predicted octanol–water partition coefficient (Wildman–Crippen LogP) is 22.9. The fourth-order valence-corrected chi connectivity index (χ4v) is 15.7. The fraction of sp³-hybridized carbons (Fsp3) is 0.0521. The monoisotopic (exact) mass is 1480 g/mol. The molecule has 4 N–H and O–H groups in total. The minimum Gasteiger partial charge on any atom is -0.657 e. The Morgan fingerprint density at radius 2 is 0.486 bits per heavy atom. The number of piperidine rings is 1. The standard InChI is InChI=1S/C96H68N14.Zn/c1-8-22-60(23-9-1)86-70-42-46-74(99-70)88(62-26-12-3-13-27-62)78-50-54-82(103-78)92(83-55-51-79(104-83)89(63-28-14-4-15-29-63)75-47-43-71(86)100-75)66-34-38-68(39-35-66)97-94-107-95(109-96(108-94)110-58-20-7-21-59-110)98-69-40-36-67(37-41-69)93-84-56-52-80(105-84)90(64-30-16-5-17-31-64)76-48-44-72(101-76)87(61-24-10-2-11-25-61)73-45-49-77(102-73)91(65-32-18-6-19-33-65)81-53-57-85(93)106-81;/h1-6,8-19,22-57,99,104H,7,20-21,58-59H2,(H2,97,98,107,108,109);/q-2;+2. The van der Waals surface area contributed by atoms with Crippen LogP contribution in [0.2, 0.25) is 0 Å². The summed E-state index contributed by atoms with van der Waals surface area (Å²) in [4.78, 5) is 58.4. The second-order valence-corrected chi connectivity index (χ2v) is 27.8. The van der Waals surface area contributed by atoms with Gasteiger partial charge in [-0.2, -0.15) is 15.0 Å². The number of rotatable bonds is 13. The molecule has 15 heteroatoms. The second kappa shape index (κ2) is 29.3. The first-order chi connectivity index (χ1) is 54.5. The molecule has 5 aliphatic rings. The maximum absolute atomic E-state index is 5.57. The first kappa shape index (κ1) is 67.6. The number of hydrogen-bond donors (Lipinski definition) is 4. The summed E-state index contributed by atoms with van der Waals surface area (Å²) in [6.07, 6.45) is 20.2. The van der Waals surface area contributed by atoms with E-state index in [-0.39, 0.29) is 19.5 Å². The van der Waals surface area contributed by atoms with E-state index < -0.39 is 0 Å². The topological polar surface area (TPSA) is 177 Å². The third kappa shape index (κ3) is 13.1. The number of fused-ring (bicyclic) bond motifs is 16. The van der Waals surface area contributed by atoms with Gasteiger partial charge in [-0.1, -0.05) is 231 Å². The number of aromatic nitrogens is 11. The van der Waals surface area contributed by atoms with Gasteiger partial charge < -0.3 is 35.5 Å². The summed E-state index contributed by atoms with van der Waals surface area (Å²) in [5, 5.41) is 7.21. The third-order valence-corrected chi connectivity index (χ3v) is 20.9. The molecular formula is C96H68N14Zn. The molecule has 0 atom stereocenters. The van der Waals surface area contributed by atoms with Crippen LogP contribution in [0.15, 0.2) is 279 Å². The van der Waals surface area contributed by atoms with Crippen molar-refractivity contribution in [2.75, 3.05) is 28.6 Å². The van der Waals surface area contributed by atoms with Crippen LogP contribution in [0.1, 0.15) is 64.8 Å². The van der Waals surface area contributed by atoms with Crippen molar-refractivity contribution in [1.82, 2.24) is 54.8 Å². The van der Waals surface area contributed by atoms with E-state index in [0.717, 1.165) is 222 Å². The van der Waals surface area contributed by atoms with Gasteiger partial charge in [-0.05, 0) is 183 Å². The van der Waals surface area contributed by atoms with Crippen LogP contribution in [0.4, 0.5) is 29.2 Å². The zero-order chi connectivity index (χ0) is 72.9. The Bertz CT molecular complexity index is 6110. The molecule has 16 bridgehead atoms. The van der Waals surface area contributed by atoms with Crippen molar-refractivity contribution < 1.29 is 19.5 Å². The number of nitrogens with zero attached hydrogens (tertiary/aromatic N) is 10. The van der Waals surface area contributed by atoms with Crippen LogP contribution in [0, 0.1) is 0 Å². The van der Waals surface area contributed by atoms with Crippen molar-refractivity contribution in [3.8, 4) is 89.0 Å². The first-order valence-corrected chi connectivity index (χ1v) is 37.3. The molecule has 7 aromatic heterocycles. The summed E-state index contributed by atoms with van der Waals surface area (Å²) >= 11 is 0. The van der Waals surface area contributed by atoms with Gasteiger partial charge in [-0.25, -0.2) is 19.9 Å². The molecule has 15 aromatic rings. The Morgan fingerprint density at radius 3 is 0.766 bits per heavy atom. The summed E-state index contributed by atoms with van der Waals surface area (Å²) in [6, 6.07) is 96.6. The van der Waals surface area contributed by atoms with Crippen molar-refractivity contribution in [3.63, 3.8) is 0 Å². The summed E-state index contributed by atoms with van der Waals surface area (Å²) in [6.45, 7) is 1.68. The van der Waals surface area contributed by atoms with Crippen LogP contribution < -0.4 is 25.5 Å². The molecule has 20 rings (SSSR count). The van der Waals surface area contributed by atoms with Gasteiger partial charge in [-0.3, -0.25) is 0 Å². The molecule has 12 heterocycles. The van der Waals surface area contributed by atoms with Crippen molar-refractivity contribution >= 4 is 122 Å². The Kier molecular flexibility index (Phi) is 17.8. The molecule has 0 unspecified atom stereocenters. The number of hydrogen-bond acceptors (Lipinski definition) is 10. The van der Waals surface area contributed by atoms with E-state index >= 15 is 0 Å². The number of anilines is 5. The Balaban J connectivity index is 0.00000832. The largest absolute Gasteiger partial charge is 2.00 e. The average Bonchev–Trinajstić information content (AvgIpc) is 1.63. The van der Waals surface area contributed by atoms with Crippen molar-refractivity contribution in [3.05, 3.63) is 325 Å². The van der Waals surface area contributed by atoms with Gasteiger partial charge in [0.1, 0.15) is 0 Å². The normalized spacial score (nSPS) is 12.8. The quantitative estimate of drug-likeness (QED) is 0.0805. The Labute approximate surface area is 653 Å². The van der Waals surface area contributed by atoms with Crippen LogP contribution in [-0.2, 0) is 19.5 Å². The van der Waals surface area contributed by atoms with Crippen LogP contribution in [-0.4, -0.2) is 57.9 Å². The maximum atomic E-state index is 5.57. The minimum absolute atomic E-state index is 0. The van der Waals surface area contributed by atoms with Gasteiger partial charge in [0, 0.05) is 68.8 Å².